The zero-order chi connectivity index (χ0) is 18.3. The van der Waals surface area contributed by atoms with E-state index in [1.807, 2.05) is 36.4 Å². The Morgan fingerprint density at radius 1 is 0.731 bits per heavy atom. The summed E-state index contributed by atoms with van der Waals surface area (Å²) in [6, 6.07) is 14.8. The summed E-state index contributed by atoms with van der Waals surface area (Å²) in [7, 11) is 0. The third-order valence-electron chi connectivity index (χ3n) is 4.26. The van der Waals surface area contributed by atoms with Crippen molar-refractivity contribution >= 4 is 58.5 Å². The topological polar surface area (TPSA) is 40.6 Å². The van der Waals surface area contributed by atoms with Crippen molar-refractivity contribution in [3.8, 4) is 0 Å². The van der Waals surface area contributed by atoms with E-state index in [-0.39, 0.29) is 22.6 Å². The monoisotopic (exact) mass is 424 g/mol. The SMILES string of the molecule is O=C1CS[C@H](c2ccccc2Cl)N1N1C(=O)CS[C@@H]1c1ccccc1Cl. The van der Waals surface area contributed by atoms with Gasteiger partial charge in [0.15, 0.2) is 0 Å². The minimum Gasteiger partial charge on any atom is -0.272 e. The van der Waals surface area contributed by atoms with Gasteiger partial charge in [-0.2, -0.15) is 0 Å². The van der Waals surface area contributed by atoms with Crippen LogP contribution in [-0.4, -0.2) is 33.3 Å². The van der Waals surface area contributed by atoms with Crippen molar-refractivity contribution in [1.29, 1.82) is 0 Å². The lowest BCUT2D eigenvalue weighted by Crippen LogP contribution is -2.47. The van der Waals surface area contributed by atoms with Crippen LogP contribution in [0.25, 0.3) is 0 Å². The molecule has 0 unspecified atom stereocenters. The van der Waals surface area contributed by atoms with Crippen LogP contribution in [0.3, 0.4) is 0 Å². The van der Waals surface area contributed by atoms with Crippen LogP contribution in [0.5, 0.6) is 0 Å². The van der Waals surface area contributed by atoms with Gasteiger partial charge >= 0.3 is 0 Å². The Kier molecular flexibility index (Phi) is 5.10. The van der Waals surface area contributed by atoms with Gasteiger partial charge in [-0.1, -0.05) is 59.6 Å². The number of nitrogens with zero attached hydrogens (tertiary/aromatic N) is 2. The Morgan fingerprint density at radius 3 is 1.50 bits per heavy atom. The molecule has 8 heteroatoms. The summed E-state index contributed by atoms with van der Waals surface area (Å²) in [5.41, 5.74) is 1.65. The van der Waals surface area contributed by atoms with Gasteiger partial charge in [-0.05, 0) is 12.1 Å². The highest BCUT2D eigenvalue weighted by Gasteiger charge is 2.46. The third kappa shape index (κ3) is 3.09. The molecule has 26 heavy (non-hydrogen) atoms. The van der Waals surface area contributed by atoms with E-state index in [0.29, 0.717) is 21.6 Å². The minimum absolute atomic E-state index is 0.104. The second kappa shape index (κ2) is 7.35. The molecule has 2 heterocycles. The van der Waals surface area contributed by atoms with Gasteiger partial charge in [-0.3, -0.25) is 9.59 Å². The average Bonchev–Trinajstić information content (AvgIpc) is 3.18. The quantitative estimate of drug-likeness (QED) is 0.711. The summed E-state index contributed by atoms with van der Waals surface area (Å²) >= 11 is 15.7. The van der Waals surface area contributed by atoms with E-state index in [1.165, 1.54) is 23.5 Å². The number of hydrogen-bond acceptors (Lipinski definition) is 4. The van der Waals surface area contributed by atoms with Gasteiger partial charge in [-0.25, -0.2) is 10.0 Å². The molecule has 2 aromatic rings. The number of hydrogen-bond donors (Lipinski definition) is 0. The molecule has 0 bridgehead atoms. The lowest BCUT2D eigenvalue weighted by molar-refractivity contribution is -0.161. The molecule has 0 aliphatic carbocycles. The van der Waals surface area contributed by atoms with Gasteiger partial charge in [0.05, 0.1) is 11.5 Å². The highest BCUT2D eigenvalue weighted by atomic mass is 35.5. The van der Waals surface area contributed by atoms with Crippen molar-refractivity contribution in [2.24, 2.45) is 0 Å². The van der Waals surface area contributed by atoms with Crippen LogP contribution >= 0.6 is 46.7 Å². The van der Waals surface area contributed by atoms with Crippen molar-refractivity contribution < 1.29 is 9.59 Å². The highest BCUT2D eigenvalue weighted by Crippen LogP contribution is 2.49. The molecule has 0 saturated carbocycles. The summed E-state index contributed by atoms with van der Waals surface area (Å²) in [5.74, 6) is 0.403. The van der Waals surface area contributed by atoms with Crippen molar-refractivity contribution in [2.45, 2.75) is 10.7 Å². The van der Waals surface area contributed by atoms with Gasteiger partial charge in [0.2, 0.25) is 0 Å². The zero-order valence-electron chi connectivity index (χ0n) is 13.5. The van der Waals surface area contributed by atoms with Gasteiger partial charge in [0.25, 0.3) is 11.8 Å². The summed E-state index contributed by atoms with van der Waals surface area (Å²) in [4.78, 5) is 25.4. The molecule has 134 valence electrons. The average molecular weight is 425 g/mol. The van der Waals surface area contributed by atoms with Crippen LogP contribution in [0.15, 0.2) is 48.5 Å². The van der Waals surface area contributed by atoms with Gasteiger partial charge < -0.3 is 0 Å². The molecule has 0 spiro atoms. The lowest BCUT2D eigenvalue weighted by atomic mass is 10.2. The Hall–Kier alpha value is -1.34. The summed E-state index contributed by atoms with van der Waals surface area (Å²) in [6.45, 7) is 0. The van der Waals surface area contributed by atoms with Crippen LogP contribution in [0, 0.1) is 0 Å². The van der Waals surface area contributed by atoms with Gasteiger partial charge in [0.1, 0.15) is 10.7 Å². The highest BCUT2D eigenvalue weighted by molar-refractivity contribution is 8.01. The zero-order valence-corrected chi connectivity index (χ0v) is 16.6. The molecular formula is C18H14Cl2N2O2S2. The molecule has 2 fully saturated rings. The lowest BCUT2D eigenvalue weighted by Gasteiger charge is -2.36. The summed E-state index contributed by atoms with van der Waals surface area (Å²) in [5, 5.41) is 3.62. The van der Waals surface area contributed by atoms with Crippen LogP contribution in [0.1, 0.15) is 21.9 Å². The molecule has 2 amide bonds. The summed E-state index contributed by atoms with van der Waals surface area (Å²) in [6.07, 6.45) is 0. The van der Waals surface area contributed by atoms with Crippen molar-refractivity contribution in [1.82, 2.24) is 10.0 Å². The standard InChI is InChI=1S/C18H14Cl2N2O2S2/c19-13-7-3-1-5-11(13)17-21(15(23)9-25-17)22-16(24)10-26-18(22)12-6-2-4-8-14(12)20/h1-8,17-18H,9-10H2/t17-,18-/m1/s1. The molecular weight excluding hydrogens is 411 g/mol. The number of hydrazine groups is 1. The van der Waals surface area contributed by atoms with Crippen LogP contribution < -0.4 is 0 Å². The smallest absolute Gasteiger partial charge is 0.252 e. The van der Waals surface area contributed by atoms with E-state index >= 15 is 0 Å². The number of benzene rings is 2. The second-order valence-corrected chi connectivity index (χ2v) is 8.80. The van der Waals surface area contributed by atoms with E-state index in [9.17, 15) is 9.59 Å². The molecule has 2 atom stereocenters. The first-order valence-corrected chi connectivity index (χ1v) is 10.8. The van der Waals surface area contributed by atoms with E-state index < -0.39 is 0 Å². The molecule has 4 nitrogen and oxygen atoms in total. The number of carbonyl (C=O) groups is 2. The normalized spacial score (nSPS) is 23.2. The number of thioether (sulfide) groups is 2. The molecule has 2 saturated heterocycles. The van der Waals surface area contributed by atoms with Crippen LogP contribution in [-0.2, 0) is 9.59 Å². The van der Waals surface area contributed by atoms with E-state index in [2.05, 4.69) is 0 Å². The minimum atomic E-state index is -0.330. The Bertz CT molecular complexity index is 808. The number of halogens is 2. The van der Waals surface area contributed by atoms with E-state index in [1.54, 1.807) is 22.2 Å². The van der Waals surface area contributed by atoms with Crippen molar-refractivity contribution in [2.75, 3.05) is 11.5 Å². The van der Waals surface area contributed by atoms with Crippen LogP contribution in [0.2, 0.25) is 10.0 Å². The number of carbonyl (C=O) groups excluding carboxylic acids is 2. The molecule has 2 aromatic carbocycles. The maximum atomic E-state index is 12.7. The van der Waals surface area contributed by atoms with E-state index in [0.717, 1.165) is 11.1 Å². The van der Waals surface area contributed by atoms with Gasteiger partial charge in [-0.15, -0.1) is 23.5 Å². The molecule has 0 aromatic heterocycles. The third-order valence-corrected chi connectivity index (χ3v) is 7.31. The van der Waals surface area contributed by atoms with Crippen molar-refractivity contribution in [3.05, 3.63) is 69.7 Å². The molecule has 0 radical (unpaired) electrons. The fourth-order valence-corrected chi connectivity index (χ4v) is 6.06. The van der Waals surface area contributed by atoms with Crippen molar-refractivity contribution in [3.63, 3.8) is 0 Å². The molecule has 0 N–H and O–H groups in total. The Labute approximate surface area is 169 Å². The molecule has 2 aliphatic rings. The first-order valence-electron chi connectivity index (χ1n) is 7.94. The van der Waals surface area contributed by atoms with E-state index in [4.69, 9.17) is 23.2 Å². The van der Waals surface area contributed by atoms with Crippen LogP contribution in [0.4, 0.5) is 0 Å². The molecule has 2 aliphatic heterocycles. The fraction of sp³-hybridized carbons (Fsp3) is 0.222. The fourth-order valence-electron chi connectivity index (χ4n) is 3.10. The number of rotatable bonds is 3. The maximum absolute atomic E-state index is 12.7. The largest absolute Gasteiger partial charge is 0.272 e. The predicted molar refractivity (Wildman–Crippen MR) is 107 cm³/mol. The maximum Gasteiger partial charge on any atom is 0.252 e. The Morgan fingerprint density at radius 2 is 1.12 bits per heavy atom. The Balaban J connectivity index is 1.75. The molecule has 4 rings (SSSR count). The summed E-state index contributed by atoms with van der Waals surface area (Å²) < 4.78 is 0. The first kappa shape index (κ1) is 18.0. The first-order chi connectivity index (χ1) is 12.6. The second-order valence-electron chi connectivity index (χ2n) is 5.85. The predicted octanol–water partition coefficient (Wildman–Crippen LogP) is 4.76. The van der Waals surface area contributed by atoms with Gasteiger partial charge in [0, 0.05) is 21.2 Å². The number of amides is 2.